The lowest BCUT2D eigenvalue weighted by molar-refractivity contribution is -0.129. The van der Waals surface area contributed by atoms with Crippen molar-refractivity contribution in [2.75, 3.05) is 26.7 Å². The molecule has 2 aromatic rings. The number of likely N-dealkylation sites (tertiary alicyclic amines) is 1. The Kier molecular flexibility index (Phi) is 4.95. The molecule has 24 heavy (non-hydrogen) atoms. The van der Waals surface area contributed by atoms with Crippen molar-refractivity contribution in [3.05, 3.63) is 35.1 Å². The predicted molar refractivity (Wildman–Crippen MR) is 97.4 cm³/mol. The molecule has 1 aliphatic heterocycles. The molecule has 0 bridgehead atoms. The number of benzene rings is 1. The molecule has 2 heterocycles. The van der Waals surface area contributed by atoms with Gasteiger partial charge in [-0.3, -0.25) is 4.79 Å². The van der Waals surface area contributed by atoms with Crippen molar-refractivity contribution >= 4 is 16.9 Å². The van der Waals surface area contributed by atoms with Gasteiger partial charge in [-0.05, 0) is 62.0 Å². The molecule has 1 atom stereocenters. The third-order valence-electron chi connectivity index (χ3n) is 5.14. The first-order valence-electron chi connectivity index (χ1n) is 8.92. The Morgan fingerprint density at radius 2 is 2.21 bits per heavy atom. The number of fused-ring (bicyclic) bond motifs is 1. The summed E-state index contributed by atoms with van der Waals surface area (Å²) in [7, 11) is 1.97. The van der Waals surface area contributed by atoms with Crippen LogP contribution in [0.25, 0.3) is 11.0 Å². The maximum absolute atomic E-state index is 12.7. The van der Waals surface area contributed by atoms with Crippen molar-refractivity contribution in [1.29, 1.82) is 0 Å². The van der Waals surface area contributed by atoms with Crippen LogP contribution in [0.3, 0.4) is 0 Å². The Hall–Kier alpha value is -1.81. The molecule has 0 saturated carbocycles. The molecule has 4 heteroatoms. The first-order chi connectivity index (χ1) is 11.5. The van der Waals surface area contributed by atoms with Gasteiger partial charge in [-0.15, -0.1) is 0 Å². The van der Waals surface area contributed by atoms with Gasteiger partial charge < -0.3 is 14.6 Å². The van der Waals surface area contributed by atoms with Crippen LogP contribution in [0.4, 0.5) is 0 Å². The molecule has 1 N–H and O–H groups in total. The summed E-state index contributed by atoms with van der Waals surface area (Å²) in [4.78, 5) is 14.7. The summed E-state index contributed by atoms with van der Waals surface area (Å²) in [6.45, 7) is 9.24. The van der Waals surface area contributed by atoms with Crippen molar-refractivity contribution in [2.24, 2.45) is 5.92 Å². The van der Waals surface area contributed by atoms with Crippen LogP contribution in [0.5, 0.6) is 0 Å². The lowest BCUT2D eigenvalue weighted by Gasteiger charge is -2.16. The van der Waals surface area contributed by atoms with Crippen molar-refractivity contribution in [3.63, 3.8) is 0 Å². The number of amides is 1. The van der Waals surface area contributed by atoms with E-state index in [2.05, 4.69) is 38.2 Å². The Morgan fingerprint density at radius 1 is 1.42 bits per heavy atom. The molecule has 4 nitrogen and oxygen atoms in total. The summed E-state index contributed by atoms with van der Waals surface area (Å²) in [5.41, 5.74) is 4.47. The summed E-state index contributed by atoms with van der Waals surface area (Å²) in [6, 6.07) is 4.30. The molecule has 1 unspecified atom stereocenters. The van der Waals surface area contributed by atoms with E-state index in [4.69, 9.17) is 4.42 Å². The van der Waals surface area contributed by atoms with Crippen LogP contribution in [0.1, 0.15) is 42.9 Å². The zero-order valence-electron chi connectivity index (χ0n) is 15.2. The molecule has 0 radical (unpaired) electrons. The summed E-state index contributed by atoms with van der Waals surface area (Å²) in [5, 5.41) is 4.29. The standard InChI is InChI=1S/C20H28N2O2/c1-13(2)17-9-18-16(12-24-19(18)7-14(17)3)8-20(23)22-6-5-15(11-22)10-21-4/h7,9,12-13,15,21H,5-6,8,10-11H2,1-4H3. The Labute approximate surface area is 144 Å². The fraction of sp³-hybridized carbons (Fsp3) is 0.550. The SMILES string of the molecule is CNCC1CCN(C(=O)Cc2coc3cc(C)c(C(C)C)cc23)C1. The largest absolute Gasteiger partial charge is 0.464 e. The Morgan fingerprint density at radius 3 is 2.92 bits per heavy atom. The van der Waals surface area contributed by atoms with Gasteiger partial charge in [-0.1, -0.05) is 13.8 Å². The number of furan rings is 1. The van der Waals surface area contributed by atoms with Gasteiger partial charge in [-0.2, -0.15) is 0 Å². The third-order valence-corrected chi connectivity index (χ3v) is 5.14. The average molecular weight is 328 g/mol. The quantitative estimate of drug-likeness (QED) is 0.914. The number of aryl methyl sites for hydroxylation is 1. The van der Waals surface area contributed by atoms with Crippen LogP contribution >= 0.6 is 0 Å². The lowest BCUT2D eigenvalue weighted by atomic mass is 9.95. The zero-order chi connectivity index (χ0) is 17.3. The van der Waals surface area contributed by atoms with Crippen LogP contribution in [0.2, 0.25) is 0 Å². The second-order valence-electron chi connectivity index (χ2n) is 7.35. The number of carbonyl (C=O) groups excluding carboxylic acids is 1. The molecule has 1 aliphatic rings. The minimum atomic E-state index is 0.211. The summed E-state index contributed by atoms with van der Waals surface area (Å²) in [6.07, 6.45) is 3.28. The van der Waals surface area contributed by atoms with Crippen LogP contribution in [-0.4, -0.2) is 37.5 Å². The first kappa shape index (κ1) is 17.0. The fourth-order valence-electron chi connectivity index (χ4n) is 3.79. The van der Waals surface area contributed by atoms with Gasteiger partial charge in [0, 0.05) is 24.0 Å². The monoisotopic (exact) mass is 328 g/mol. The van der Waals surface area contributed by atoms with Crippen LogP contribution in [0.15, 0.2) is 22.8 Å². The highest BCUT2D eigenvalue weighted by atomic mass is 16.3. The molecule has 3 rings (SSSR count). The molecular weight excluding hydrogens is 300 g/mol. The maximum Gasteiger partial charge on any atom is 0.227 e. The zero-order valence-corrected chi connectivity index (χ0v) is 15.2. The smallest absolute Gasteiger partial charge is 0.227 e. The predicted octanol–water partition coefficient (Wildman–Crippen LogP) is 3.48. The van der Waals surface area contributed by atoms with Gasteiger partial charge in [0.05, 0.1) is 12.7 Å². The molecule has 0 aliphatic carbocycles. The molecule has 1 fully saturated rings. The second-order valence-corrected chi connectivity index (χ2v) is 7.35. The van der Waals surface area contributed by atoms with Crippen LogP contribution < -0.4 is 5.32 Å². The highest BCUT2D eigenvalue weighted by Crippen LogP contribution is 2.29. The topological polar surface area (TPSA) is 45.5 Å². The van der Waals surface area contributed by atoms with E-state index in [1.54, 1.807) is 6.26 Å². The van der Waals surface area contributed by atoms with Gasteiger partial charge in [0.15, 0.2) is 0 Å². The van der Waals surface area contributed by atoms with Crippen LogP contribution in [0, 0.1) is 12.8 Å². The highest BCUT2D eigenvalue weighted by molar-refractivity contribution is 5.88. The Balaban J connectivity index is 1.78. The fourth-order valence-corrected chi connectivity index (χ4v) is 3.79. The minimum absolute atomic E-state index is 0.211. The number of rotatable bonds is 5. The van der Waals surface area contributed by atoms with Gasteiger partial charge in [0.25, 0.3) is 0 Å². The van der Waals surface area contributed by atoms with E-state index < -0.39 is 0 Å². The highest BCUT2D eigenvalue weighted by Gasteiger charge is 2.26. The number of hydrogen-bond acceptors (Lipinski definition) is 3. The minimum Gasteiger partial charge on any atom is -0.464 e. The lowest BCUT2D eigenvalue weighted by Crippen LogP contribution is -2.31. The van der Waals surface area contributed by atoms with Crippen molar-refractivity contribution in [3.8, 4) is 0 Å². The van der Waals surface area contributed by atoms with Gasteiger partial charge >= 0.3 is 0 Å². The van der Waals surface area contributed by atoms with E-state index >= 15 is 0 Å². The van der Waals surface area contributed by atoms with E-state index in [9.17, 15) is 4.79 Å². The maximum atomic E-state index is 12.7. The molecule has 130 valence electrons. The van der Waals surface area contributed by atoms with E-state index in [-0.39, 0.29) is 5.91 Å². The average Bonchev–Trinajstić information content (AvgIpc) is 3.14. The number of nitrogens with one attached hydrogen (secondary N) is 1. The number of carbonyl (C=O) groups is 1. The summed E-state index contributed by atoms with van der Waals surface area (Å²) < 4.78 is 5.71. The second kappa shape index (κ2) is 6.98. The van der Waals surface area contributed by atoms with Gasteiger partial charge in [-0.25, -0.2) is 0 Å². The molecule has 1 amide bonds. The first-order valence-corrected chi connectivity index (χ1v) is 8.92. The molecule has 1 aromatic carbocycles. The summed E-state index contributed by atoms with van der Waals surface area (Å²) in [5.74, 6) is 1.26. The van der Waals surface area contributed by atoms with E-state index in [1.807, 2.05) is 11.9 Å². The van der Waals surface area contributed by atoms with Crippen LogP contribution in [-0.2, 0) is 11.2 Å². The molecule has 1 aromatic heterocycles. The van der Waals surface area contributed by atoms with Gasteiger partial charge in [0.2, 0.25) is 5.91 Å². The molecule has 0 spiro atoms. The van der Waals surface area contributed by atoms with E-state index in [0.29, 0.717) is 18.3 Å². The number of hydrogen-bond donors (Lipinski definition) is 1. The third kappa shape index (κ3) is 3.34. The number of nitrogens with zero attached hydrogens (tertiary/aromatic N) is 1. The van der Waals surface area contributed by atoms with Crippen molar-refractivity contribution < 1.29 is 9.21 Å². The Bertz CT molecular complexity index is 733. The van der Waals surface area contributed by atoms with Crippen molar-refractivity contribution in [1.82, 2.24) is 10.2 Å². The van der Waals surface area contributed by atoms with Gasteiger partial charge in [0.1, 0.15) is 5.58 Å². The van der Waals surface area contributed by atoms with E-state index in [1.165, 1.54) is 11.1 Å². The van der Waals surface area contributed by atoms with E-state index in [0.717, 1.165) is 42.6 Å². The van der Waals surface area contributed by atoms with Crippen molar-refractivity contribution in [2.45, 2.75) is 39.5 Å². The molecule has 1 saturated heterocycles. The molecular formula is C20H28N2O2. The summed E-state index contributed by atoms with van der Waals surface area (Å²) >= 11 is 0. The normalized spacial score (nSPS) is 18.0.